The maximum absolute atomic E-state index is 10.8. The van der Waals surface area contributed by atoms with E-state index in [0.717, 1.165) is 17.5 Å². The molecule has 4 rings (SSSR count). The maximum Gasteiger partial charge on any atom is 0.279 e. The molecule has 0 fully saturated rings. The number of para-hydroxylation sites is 1. The molecule has 0 aliphatic rings. The van der Waals surface area contributed by atoms with Crippen molar-refractivity contribution in [1.29, 1.82) is 0 Å². The summed E-state index contributed by atoms with van der Waals surface area (Å²) in [7, 11) is 0. The fourth-order valence-corrected chi connectivity index (χ4v) is 3.23. The summed E-state index contributed by atoms with van der Waals surface area (Å²) in [4.78, 5) is 16.7. The van der Waals surface area contributed by atoms with Crippen LogP contribution in [0.4, 0.5) is 5.69 Å². The van der Waals surface area contributed by atoms with Gasteiger partial charge in [0.15, 0.2) is 0 Å². The maximum atomic E-state index is 10.8. The number of hydrogen-bond donors (Lipinski definition) is 4. The largest absolute Gasteiger partial charge is 0.361 e. The number of nitro benzene ring substituents is 1. The molecule has 27 heavy (non-hydrogen) atoms. The highest BCUT2D eigenvalue weighted by molar-refractivity contribution is 5.91. The lowest BCUT2D eigenvalue weighted by atomic mass is 10.1. The highest BCUT2D eigenvalue weighted by Crippen LogP contribution is 2.28. The predicted molar refractivity (Wildman–Crippen MR) is 109 cm³/mol. The predicted octanol–water partition coefficient (Wildman–Crippen LogP) is 3.25. The Balaban J connectivity index is 0.000000159. The van der Waals surface area contributed by atoms with Crippen molar-refractivity contribution in [1.82, 2.24) is 9.97 Å². The second-order valence-electron chi connectivity index (χ2n) is 6.21. The third kappa shape index (κ3) is 3.99. The van der Waals surface area contributed by atoms with Crippen LogP contribution in [0.25, 0.3) is 21.8 Å². The van der Waals surface area contributed by atoms with Crippen LogP contribution in [-0.4, -0.2) is 28.0 Å². The topological polar surface area (TPSA) is 127 Å². The molecule has 2 aromatic heterocycles. The van der Waals surface area contributed by atoms with Crippen molar-refractivity contribution in [2.45, 2.75) is 12.8 Å². The van der Waals surface area contributed by atoms with E-state index >= 15 is 0 Å². The first-order chi connectivity index (χ1) is 13.2. The lowest BCUT2D eigenvalue weighted by molar-refractivity contribution is -0.383. The van der Waals surface area contributed by atoms with E-state index in [4.69, 9.17) is 11.5 Å². The quantitative estimate of drug-likeness (QED) is 0.320. The third-order valence-corrected chi connectivity index (χ3v) is 4.46. The van der Waals surface area contributed by atoms with E-state index in [1.807, 2.05) is 18.3 Å². The first kappa shape index (κ1) is 18.6. The molecule has 0 aliphatic heterocycles. The van der Waals surface area contributed by atoms with Crippen LogP contribution >= 0.6 is 0 Å². The first-order valence-corrected chi connectivity index (χ1v) is 8.84. The zero-order valence-electron chi connectivity index (χ0n) is 14.9. The number of nitro groups is 1. The molecular formula is C20H23N5O2. The number of H-pyrrole nitrogens is 2. The molecule has 4 aromatic rings. The molecule has 2 heterocycles. The van der Waals surface area contributed by atoms with Gasteiger partial charge in [-0.25, -0.2) is 0 Å². The Morgan fingerprint density at radius 3 is 2.22 bits per heavy atom. The number of rotatable bonds is 5. The number of hydrogen-bond acceptors (Lipinski definition) is 4. The third-order valence-electron chi connectivity index (χ3n) is 4.46. The van der Waals surface area contributed by atoms with E-state index in [0.29, 0.717) is 24.9 Å². The Hall–Kier alpha value is -3.16. The normalized spacial score (nSPS) is 10.7. The van der Waals surface area contributed by atoms with Gasteiger partial charge in [-0.2, -0.15) is 0 Å². The van der Waals surface area contributed by atoms with E-state index in [9.17, 15) is 10.1 Å². The Kier molecular flexibility index (Phi) is 5.85. The SMILES string of the molecule is NCCc1c[nH]c2cccc([N+](=O)[O-])c12.NCCc1c[nH]c2ccccc12. The molecule has 2 aromatic carbocycles. The van der Waals surface area contributed by atoms with Gasteiger partial charge in [0.05, 0.1) is 15.8 Å². The second kappa shape index (κ2) is 8.48. The highest BCUT2D eigenvalue weighted by Gasteiger charge is 2.15. The van der Waals surface area contributed by atoms with Gasteiger partial charge in [0, 0.05) is 29.4 Å². The molecule has 140 valence electrons. The van der Waals surface area contributed by atoms with Crippen LogP contribution in [0.2, 0.25) is 0 Å². The number of non-ortho nitro benzene ring substituents is 1. The smallest absolute Gasteiger partial charge is 0.279 e. The molecule has 0 saturated heterocycles. The number of nitrogens with one attached hydrogen (secondary N) is 2. The Morgan fingerprint density at radius 2 is 1.48 bits per heavy atom. The summed E-state index contributed by atoms with van der Waals surface area (Å²) in [5, 5.41) is 12.8. The summed E-state index contributed by atoms with van der Waals surface area (Å²) in [6.45, 7) is 1.20. The van der Waals surface area contributed by atoms with Gasteiger partial charge in [0.25, 0.3) is 5.69 Å². The van der Waals surface area contributed by atoms with Gasteiger partial charge in [-0.05, 0) is 49.2 Å². The van der Waals surface area contributed by atoms with Crippen molar-refractivity contribution in [3.63, 3.8) is 0 Å². The average molecular weight is 365 g/mol. The molecule has 0 aliphatic carbocycles. The summed E-state index contributed by atoms with van der Waals surface area (Å²) < 4.78 is 0. The lowest BCUT2D eigenvalue weighted by Crippen LogP contribution is -2.02. The highest BCUT2D eigenvalue weighted by atomic mass is 16.6. The standard InChI is InChI=1S/C10H11N3O2.C10H12N2/c11-5-4-7-6-12-8-2-1-3-9(10(7)8)13(14)15;11-6-5-8-7-12-10-4-2-1-3-9(8)10/h1-3,6,12H,4-5,11H2;1-4,7,12H,5-6,11H2. The van der Waals surface area contributed by atoms with Crippen molar-refractivity contribution in [3.05, 3.63) is 76.1 Å². The molecule has 0 bridgehead atoms. The molecule has 0 saturated carbocycles. The molecule has 0 unspecified atom stereocenters. The molecule has 7 nitrogen and oxygen atoms in total. The number of nitrogens with two attached hydrogens (primary N) is 2. The summed E-state index contributed by atoms with van der Waals surface area (Å²) in [5.41, 5.74) is 15.3. The van der Waals surface area contributed by atoms with Crippen LogP contribution in [0.5, 0.6) is 0 Å². The summed E-state index contributed by atoms with van der Waals surface area (Å²) in [5.74, 6) is 0. The number of aromatic amines is 2. The number of benzene rings is 2. The Labute approximate surface area is 156 Å². The minimum atomic E-state index is -0.365. The minimum absolute atomic E-state index is 0.136. The number of aromatic nitrogens is 2. The fourth-order valence-electron chi connectivity index (χ4n) is 3.23. The van der Waals surface area contributed by atoms with Crippen LogP contribution < -0.4 is 11.5 Å². The van der Waals surface area contributed by atoms with Crippen molar-refractivity contribution in [2.24, 2.45) is 11.5 Å². The van der Waals surface area contributed by atoms with E-state index in [1.54, 1.807) is 12.3 Å². The fraction of sp³-hybridized carbons (Fsp3) is 0.200. The van der Waals surface area contributed by atoms with Crippen LogP contribution in [0.3, 0.4) is 0 Å². The summed E-state index contributed by atoms with van der Waals surface area (Å²) in [6, 6.07) is 13.3. The number of fused-ring (bicyclic) bond motifs is 2. The van der Waals surface area contributed by atoms with Crippen LogP contribution in [0.1, 0.15) is 11.1 Å². The van der Waals surface area contributed by atoms with Gasteiger partial charge in [-0.3, -0.25) is 10.1 Å². The van der Waals surface area contributed by atoms with Crippen LogP contribution in [0, 0.1) is 10.1 Å². The molecule has 0 atom stereocenters. The summed E-state index contributed by atoms with van der Waals surface area (Å²) >= 11 is 0. The van der Waals surface area contributed by atoms with E-state index in [1.165, 1.54) is 22.5 Å². The van der Waals surface area contributed by atoms with Crippen molar-refractivity contribution < 1.29 is 4.92 Å². The molecular weight excluding hydrogens is 342 g/mol. The van der Waals surface area contributed by atoms with Gasteiger partial charge < -0.3 is 21.4 Å². The van der Waals surface area contributed by atoms with Crippen molar-refractivity contribution in [2.75, 3.05) is 13.1 Å². The van der Waals surface area contributed by atoms with Gasteiger partial charge in [0.1, 0.15) is 0 Å². The number of nitrogens with zero attached hydrogens (tertiary/aromatic N) is 1. The monoisotopic (exact) mass is 365 g/mol. The van der Waals surface area contributed by atoms with Crippen molar-refractivity contribution in [3.8, 4) is 0 Å². The minimum Gasteiger partial charge on any atom is -0.361 e. The molecule has 6 N–H and O–H groups in total. The molecule has 7 heteroatoms. The molecule has 0 spiro atoms. The zero-order valence-corrected chi connectivity index (χ0v) is 14.9. The first-order valence-electron chi connectivity index (χ1n) is 8.84. The second-order valence-corrected chi connectivity index (χ2v) is 6.21. The van der Waals surface area contributed by atoms with Crippen LogP contribution in [-0.2, 0) is 12.8 Å². The summed E-state index contributed by atoms with van der Waals surface area (Å²) in [6.07, 6.45) is 5.41. The Morgan fingerprint density at radius 1 is 0.852 bits per heavy atom. The molecule has 0 radical (unpaired) electrons. The van der Waals surface area contributed by atoms with Crippen LogP contribution in [0.15, 0.2) is 54.9 Å². The Bertz CT molecular complexity index is 1050. The molecule has 0 amide bonds. The van der Waals surface area contributed by atoms with Gasteiger partial charge >= 0.3 is 0 Å². The van der Waals surface area contributed by atoms with Gasteiger partial charge in [0.2, 0.25) is 0 Å². The van der Waals surface area contributed by atoms with E-state index in [-0.39, 0.29) is 10.6 Å². The van der Waals surface area contributed by atoms with E-state index in [2.05, 4.69) is 28.2 Å². The van der Waals surface area contributed by atoms with Gasteiger partial charge in [-0.15, -0.1) is 0 Å². The zero-order chi connectivity index (χ0) is 19.2. The lowest BCUT2D eigenvalue weighted by Gasteiger charge is -1.97. The average Bonchev–Trinajstić information content (AvgIpc) is 3.28. The van der Waals surface area contributed by atoms with Crippen molar-refractivity contribution >= 4 is 27.5 Å². The van der Waals surface area contributed by atoms with Gasteiger partial charge in [-0.1, -0.05) is 24.3 Å². The van der Waals surface area contributed by atoms with E-state index < -0.39 is 0 Å².